The zero-order valence-corrected chi connectivity index (χ0v) is 11.5. The fraction of sp³-hybridized carbons (Fsp3) is 0.0714. The molecule has 0 unspecified atom stereocenters. The third-order valence-electron chi connectivity index (χ3n) is 2.77. The van der Waals surface area contributed by atoms with Crippen LogP contribution in [0.25, 0.3) is 0 Å². The molecule has 0 aliphatic heterocycles. The van der Waals surface area contributed by atoms with Gasteiger partial charge in [-0.15, -0.1) is 0 Å². The van der Waals surface area contributed by atoms with E-state index in [0.29, 0.717) is 11.3 Å². The Labute approximate surface area is 125 Å². The summed E-state index contributed by atoms with van der Waals surface area (Å²) in [7, 11) is 0. The highest BCUT2D eigenvalue weighted by atomic mass is 35.5. The van der Waals surface area contributed by atoms with E-state index in [4.69, 9.17) is 16.7 Å². The molecule has 0 bridgehead atoms. The highest BCUT2D eigenvalue weighted by Crippen LogP contribution is 2.23. The molecule has 0 aliphatic rings. The second kappa shape index (κ2) is 6.34. The van der Waals surface area contributed by atoms with Crippen molar-refractivity contribution in [2.45, 2.75) is 6.61 Å². The van der Waals surface area contributed by atoms with E-state index < -0.39 is 10.8 Å². The van der Waals surface area contributed by atoms with E-state index in [-0.39, 0.29) is 22.9 Å². The Bertz CT molecular complexity index is 703. The Morgan fingerprint density at radius 3 is 2.71 bits per heavy atom. The second-order valence-corrected chi connectivity index (χ2v) is 4.64. The van der Waals surface area contributed by atoms with Gasteiger partial charge in [-0.05, 0) is 23.8 Å². The average molecular weight is 307 g/mol. The molecular weight excluding hydrogens is 296 g/mol. The number of carbonyl (C=O) groups is 1. The Kier molecular flexibility index (Phi) is 4.52. The largest absolute Gasteiger partial charge is 0.392 e. The van der Waals surface area contributed by atoms with Crippen molar-refractivity contribution in [2.75, 3.05) is 5.32 Å². The quantitative estimate of drug-likeness (QED) is 0.671. The first-order chi connectivity index (χ1) is 10.0. The molecule has 0 aliphatic carbocycles. The Balaban J connectivity index is 2.27. The van der Waals surface area contributed by atoms with Crippen LogP contribution < -0.4 is 5.32 Å². The maximum Gasteiger partial charge on any atom is 0.270 e. The number of carbonyl (C=O) groups excluding carboxylic acids is 1. The molecule has 1 amide bonds. The molecule has 2 N–H and O–H groups in total. The Morgan fingerprint density at radius 1 is 1.29 bits per heavy atom. The lowest BCUT2D eigenvalue weighted by Gasteiger charge is -2.07. The molecule has 2 aromatic rings. The summed E-state index contributed by atoms with van der Waals surface area (Å²) in [5.41, 5.74) is 0.904. The molecule has 7 heteroatoms. The summed E-state index contributed by atoms with van der Waals surface area (Å²) in [5.74, 6) is -0.557. The number of nitrogens with zero attached hydrogens (tertiary/aromatic N) is 1. The molecule has 6 nitrogen and oxygen atoms in total. The zero-order valence-electron chi connectivity index (χ0n) is 10.7. The van der Waals surface area contributed by atoms with Crippen molar-refractivity contribution < 1.29 is 14.8 Å². The van der Waals surface area contributed by atoms with Crippen LogP contribution in [0.2, 0.25) is 5.02 Å². The maximum atomic E-state index is 12.1. The summed E-state index contributed by atoms with van der Waals surface area (Å²) in [6.07, 6.45) is 0. The lowest BCUT2D eigenvalue weighted by molar-refractivity contribution is -0.384. The predicted molar refractivity (Wildman–Crippen MR) is 78.4 cm³/mol. The molecule has 2 aromatic carbocycles. The number of benzene rings is 2. The molecule has 108 valence electrons. The van der Waals surface area contributed by atoms with Gasteiger partial charge in [0, 0.05) is 17.8 Å². The number of aliphatic hydroxyl groups excluding tert-OH is 1. The van der Waals surface area contributed by atoms with E-state index in [9.17, 15) is 14.9 Å². The van der Waals surface area contributed by atoms with E-state index in [1.54, 1.807) is 24.3 Å². The molecule has 0 saturated heterocycles. The molecule has 0 aromatic heterocycles. The first kappa shape index (κ1) is 15.0. The zero-order chi connectivity index (χ0) is 15.4. The van der Waals surface area contributed by atoms with Gasteiger partial charge in [0.05, 0.1) is 22.1 Å². The topological polar surface area (TPSA) is 92.5 Å². The molecule has 0 atom stereocenters. The number of hydrogen-bond acceptors (Lipinski definition) is 4. The number of hydrogen-bond donors (Lipinski definition) is 2. The Hall–Kier alpha value is -2.44. The molecule has 2 rings (SSSR count). The second-order valence-electron chi connectivity index (χ2n) is 4.23. The summed E-state index contributed by atoms with van der Waals surface area (Å²) in [6.45, 7) is -0.152. The third-order valence-corrected chi connectivity index (χ3v) is 3.10. The van der Waals surface area contributed by atoms with Crippen LogP contribution in [0.4, 0.5) is 11.4 Å². The van der Waals surface area contributed by atoms with E-state index in [2.05, 4.69) is 5.32 Å². The van der Waals surface area contributed by atoms with Crippen LogP contribution in [0.1, 0.15) is 15.9 Å². The smallest absolute Gasteiger partial charge is 0.270 e. The van der Waals surface area contributed by atoms with E-state index in [1.165, 1.54) is 12.1 Å². The first-order valence-corrected chi connectivity index (χ1v) is 6.34. The van der Waals surface area contributed by atoms with Gasteiger partial charge >= 0.3 is 0 Å². The van der Waals surface area contributed by atoms with Gasteiger partial charge in [-0.25, -0.2) is 0 Å². The highest BCUT2D eigenvalue weighted by molar-refractivity contribution is 6.34. The van der Waals surface area contributed by atoms with Gasteiger partial charge in [0.25, 0.3) is 11.6 Å². The third kappa shape index (κ3) is 3.56. The van der Waals surface area contributed by atoms with Crippen molar-refractivity contribution in [2.24, 2.45) is 0 Å². The summed E-state index contributed by atoms with van der Waals surface area (Å²) in [4.78, 5) is 22.3. The molecule has 0 radical (unpaired) electrons. The van der Waals surface area contributed by atoms with Crippen LogP contribution in [0.3, 0.4) is 0 Å². The van der Waals surface area contributed by atoms with E-state index in [1.807, 2.05) is 0 Å². The minimum atomic E-state index is -0.598. The monoisotopic (exact) mass is 306 g/mol. The summed E-state index contributed by atoms with van der Waals surface area (Å²) < 4.78 is 0. The van der Waals surface area contributed by atoms with Crippen LogP contribution in [-0.4, -0.2) is 15.9 Å². The fourth-order valence-electron chi connectivity index (χ4n) is 1.75. The standard InChI is InChI=1S/C14H11ClN2O4/c15-13-5-4-11(17(20)21)7-12(13)14(19)16-10-3-1-2-9(6-10)8-18/h1-7,18H,8H2,(H,16,19). The van der Waals surface area contributed by atoms with Crippen LogP contribution in [0.5, 0.6) is 0 Å². The van der Waals surface area contributed by atoms with Crippen molar-refractivity contribution in [3.63, 3.8) is 0 Å². The van der Waals surface area contributed by atoms with Crippen LogP contribution in [-0.2, 0) is 6.61 Å². The number of anilines is 1. The normalized spacial score (nSPS) is 10.2. The van der Waals surface area contributed by atoms with Crippen molar-refractivity contribution >= 4 is 28.9 Å². The van der Waals surface area contributed by atoms with Crippen molar-refractivity contribution in [1.29, 1.82) is 0 Å². The van der Waals surface area contributed by atoms with Crippen LogP contribution in [0, 0.1) is 10.1 Å². The van der Waals surface area contributed by atoms with Gasteiger partial charge in [0.2, 0.25) is 0 Å². The number of rotatable bonds is 4. The number of halogens is 1. The lowest BCUT2D eigenvalue weighted by atomic mass is 10.1. The number of non-ortho nitro benzene ring substituents is 1. The van der Waals surface area contributed by atoms with Crippen molar-refractivity contribution in [3.8, 4) is 0 Å². The average Bonchev–Trinajstić information content (AvgIpc) is 2.47. The maximum absolute atomic E-state index is 12.1. The van der Waals surface area contributed by atoms with Gasteiger partial charge in [0.1, 0.15) is 0 Å². The van der Waals surface area contributed by atoms with Gasteiger partial charge in [-0.3, -0.25) is 14.9 Å². The lowest BCUT2D eigenvalue weighted by Crippen LogP contribution is -2.13. The molecular formula is C14H11ClN2O4. The van der Waals surface area contributed by atoms with Gasteiger partial charge in [-0.2, -0.15) is 0 Å². The van der Waals surface area contributed by atoms with Gasteiger partial charge in [0.15, 0.2) is 0 Å². The number of aliphatic hydroxyl groups is 1. The number of nitro groups is 1. The molecule has 0 saturated carbocycles. The fourth-order valence-corrected chi connectivity index (χ4v) is 1.95. The summed E-state index contributed by atoms with van der Waals surface area (Å²) >= 11 is 5.90. The van der Waals surface area contributed by atoms with Crippen LogP contribution in [0.15, 0.2) is 42.5 Å². The minimum absolute atomic E-state index is 0.0141. The highest BCUT2D eigenvalue weighted by Gasteiger charge is 2.16. The SMILES string of the molecule is O=C(Nc1cccc(CO)c1)c1cc([N+](=O)[O-])ccc1Cl. The van der Waals surface area contributed by atoms with Crippen molar-refractivity contribution in [1.82, 2.24) is 0 Å². The molecule has 0 fully saturated rings. The summed E-state index contributed by atoms with van der Waals surface area (Å²) in [5, 5.41) is 22.5. The number of nitro benzene ring substituents is 1. The number of nitrogens with one attached hydrogen (secondary N) is 1. The molecule has 0 heterocycles. The van der Waals surface area contributed by atoms with E-state index >= 15 is 0 Å². The Morgan fingerprint density at radius 2 is 2.05 bits per heavy atom. The van der Waals surface area contributed by atoms with Crippen LogP contribution >= 0.6 is 11.6 Å². The first-order valence-electron chi connectivity index (χ1n) is 5.96. The van der Waals surface area contributed by atoms with Gasteiger partial charge in [-0.1, -0.05) is 23.7 Å². The minimum Gasteiger partial charge on any atom is -0.392 e. The van der Waals surface area contributed by atoms with Crippen molar-refractivity contribution in [3.05, 3.63) is 68.7 Å². The van der Waals surface area contributed by atoms with Gasteiger partial charge < -0.3 is 10.4 Å². The van der Waals surface area contributed by atoms with E-state index in [0.717, 1.165) is 6.07 Å². The predicted octanol–water partition coefficient (Wildman–Crippen LogP) is 2.99. The molecule has 21 heavy (non-hydrogen) atoms. The molecule has 0 spiro atoms. The number of amides is 1. The summed E-state index contributed by atoms with van der Waals surface area (Å²) in [6, 6.07) is 10.3.